The first-order chi connectivity index (χ1) is 9.71. The van der Waals surface area contributed by atoms with Crippen LogP contribution in [0.3, 0.4) is 0 Å². The van der Waals surface area contributed by atoms with Crippen molar-refractivity contribution in [3.05, 3.63) is 69.2 Å². The lowest BCUT2D eigenvalue weighted by Crippen LogP contribution is -2.16. The van der Waals surface area contributed by atoms with Crippen LogP contribution in [0.15, 0.2) is 40.9 Å². The fourth-order valence-electron chi connectivity index (χ4n) is 1.93. The van der Waals surface area contributed by atoms with Gasteiger partial charge in [-0.1, -0.05) is 28.1 Å². The van der Waals surface area contributed by atoms with E-state index in [0.717, 1.165) is 12.1 Å². The number of rotatable bonds is 2. The predicted molar refractivity (Wildman–Crippen MR) is 71.5 cm³/mol. The van der Waals surface area contributed by atoms with Crippen molar-refractivity contribution in [3.8, 4) is 0 Å². The molecule has 1 atom stereocenters. The van der Waals surface area contributed by atoms with Gasteiger partial charge in [0.25, 0.3) is 0 Å². The molecule has 7 heteroatoms. The highest BCUT2D eigenvalue weighted by Crippen LogP contribution is 2.35. The molecule has 0 heterocycles. The van der Waals surface area contributed by atoms with E-state index in [9.17, 15) is 22.0 Å². The molecule has 0 aliphatic rings. The van der Waals surface area contributed by atoms with Crippen LogP contribution >= 0.6 is 15.9 Å². The molecule has 2 aromatic rings. The van der Waals surface area contributed by atoms with Crippen LogP contribution in [0.5, 0.6) is 0 Å². The van der Waals surface area contributed by atoms with Gasteiger partial charge in [-0.3, -0.25) is 0 Å². The van der Waals surface area contributed by atoms with Crippen molar-refractivity contribution < 1.29 is 22.0 Å². The van der Waals surface area contributed by atoms with Crippen molar-refractivity contribution in [2.24, 2.45) is 5.73 Å². The maximum atomic E-state index is 13.8. The van der Waals surface area contributed by atoms with E-state index >= 15 is 0 Å². The molecule has 0 aromatic heterocycles. The quantitative estimate of drug-likeness (QED) is 0.760. The number of benzene rings is 2. The van der Waals surface area contributed by atoms with Crippen LogP contribution in [0.2, 0.25) is 0 Å². The molecule has 0 bridgehead atoms. The van der Waals surface area contributed by atoms with Gasteiger partial charge in [-0.05, 0) is 29.8 Å². The summed E-state index contributed by atoms with van der Waals surface area (Å²) in [6.07, 6.45) is -4.84. The Morgan fingerprint density at radius 2 is 1.67 bits per heavy atom. The van der Waals surface area contributed by atoms with Crippen molar-refractivity contribution >= 4 is 15.9 Å². The third kappa shape index (κ3) is 3.24. The molecule has 1 nitrogen and oxygen atoms in total. The van der Waals surface area contributed by atoms with Gasteiger partial charge in [0.05, 0.1) is 11.6 Å². The third-order valence-electron chi connectivity index (χ3n) is 2.97. The lowest BCUT2D eigenvalue weighted by molar-refractivity contribution is -0.140. The van der Waals surface area contributed by atoms with Gasteiger partial charge in [-0.25, -0.2) is 8.78 Å². The Balaban J connectivity index is 2.52. The number of hydrogen-bond acceptors (Lipinski definition) is 1. The van der Waals surface area contributed by atoms with Gasteiger partial charge in [-0.2, -0.15) is 13.2 Å². The molecule has 2 rings (SSSR count). The fourth-order valence-corrected chi connectivity index (χ4v) is 2.52. The molecule has 2 aromatic carbocycles. The molecule has 0 aliphatic heterocycles. The third-order valence-corrected chi connectivity index (χ3v) is 3.66. The molecule has 0 amide bonds. The van der Waals surface area contributed by atoms with Gasteiger partial charge in [0.2, 0.25) is 0 Å². The minimum Gasteiger partial charge on any atom is -0.320 e. The molecular weight excluding hydrogens is 357 g/mol. The van der Waals surface area contributed by atoms with E-state index in [1.165, 1.54) is 12.1 Å². The summed E-state index contributed by atoms with van der Waals surface area (Å²) >= 11 is 3.10. The van der Waals surface area contributed by atoms with E-state index in [1.807, 2.05) is 0 Å². The van der Waals surface area contributed by atoms with Crippen LogP contribution in [0, 0.1) is 11.6 Å². The Kier molecular flexibility index (Phi) is 4.34. The van der Waals surface area contributed by atoms with E-state index < -0.39 is 29.4 Å². The molecule has 21 heavy (non-hydrogen) atoms. The minimum atomic E-state index is -4.84. The molecule has 112 valence electrons. The summed E-state index contributed by atoms with van der Waals surface area (Å²) in [5.74, 6) is -2.05. The van der Waals surface area contributed by atoms with Crippen molar-refractivity contribution in [2.75, 3.05) is 0 Å². The molecule has 1 unspecified atom stereocenters. The van der Waals surface area contributed by atoms with Gasteiger partial charge in [0.15, 0.2) is 0 Å². The largest absolute Gasteiger partial charge is 0.419 e. The second kappa shape index (κ2) is 5.73. The Morgan fingerprint density at radius 3 is 2.24 bits per heavy atom. The normalized spacial score (nSPS) is 13.3. The number of hydrogen-bond donors (Lipinski definition) is 1. The Hall–Kier alpha value is -1.47. The van der Waals surface area contributed by atoms with Gasteiger partial charge < -0.3 is 5.73 Å². The SMILES string of the molecule is NC(c1ccc(F)c(C(F)(F)F)c1)c1c(F)cccc1Br. The van der Waals surface area contributed by atoms with Crippen LogP contribution in [0.4, 0.5) is 22.0 Å². The van der Waals surface area contributed by atoms with Crippen LogP contribution in [-0.4, -0.2) is 0 Å². The summed E-state index contributed by atoms with van der Waals surface area (Å²) in [7, 11) is 0. The predicted octanol–water partition coefficient (Wildman–Crippen LogP) is 4.79. The maximum absolute atomic E-state index is 13.8. The van der Waals surface area contributed by atoms with E-state index in [-0.39, 0.29) is 11.1 Å². The second-order valence-electron chi connectivity index (χ2n) is 4.35. The van der Waals surface area contributed by atoms with Crippen LogP contribution in [-0.2, 0) is 6.18 Å². The van der Waals surface area contributed by atoms with Crippen molar-refractivity contribution in [1.82, 2.24) is 0 Å². The lowest BCUT2D eigenvalue weighted by Gasteiger charge is -2.17. The summed E-state index contributed by atoms with van der Waals surface area (Å²) < 4.78 is 65.4. The molecular formula is C14H9BrF5N. The Bertz CT molecular complexity index is 649. The van der Waals surface area contributed by atoms with E-state index in [2.05, 4.69) is 15.9 Å². The molecule has 2 N–H and O–H groups in total. The van der Waals surface area contributed by atoms with E-state index in [0.29, 0.717) is 16.6 Å². The second-order valence-corrected chi connectivity index (χ2v) is 5.20. The number of halogens is 6. The summed E-state index contributed by atoms with van der Waals surface area (Å²) in [6, 6.07) is 5.32. The summed E-state index contributed by atoms with van der Waals surface area (Å²) in [6.45, 7) is 0. The topological polar surface area (TPSA) is 26.0 Å². The van der Waals surface area contributed by atoms with Crippen LogP contribution in [0.25, 0.3) is 0 Å². The van der Waals surface area contributed by atoms with Gasteiger partial charge in [-0.15, -0.1) is 0 Å². The van der Waals surface area contributed by atoms with Crippen molar-refractivity contribution in [3.63, 3.8) is 0 Å². The zero-order valence-corrected chi connectivity index (χ0v) is 12.0. The standard InChI is InChI=1S/C14H9BrF5N/c15-9-2-1-3-11(17)12(9)13(21)7-4-5-10(16)8(6-7)14(18,19)20/h1-6,13H,21H2. The molecule has 0 saturated carbocycles. The van der Waals surface area contributed by atoms with Crippen molar-refractivity contribution in [1.29, 1.82) is 0 Å². The molecule has 0 spiro atoms. The maximum Gasteiger partial charge on any atom is 0.419 e. The van der Waals surface area contributed by atoms with Crippen LogP contribution in [0.1, 0.15) is 22.7 Å². The smallest absolute Gasteiger partial charge is 0.320 e. The highest BCUT2D eigenvalue weighted by atomic mass is 79.9. The Labute approximate surface area is 125 Å². The van der Waals surface area contributed by atoms with Gasteiger partial charge in [0, 0.05) is 10.0 Å². The van der Waals surface area contributed by atoms with Gasteiger partial charge >= 0.3 is 6.18 Å². The summed E-state index contributed by atoms with van der Waals surface area (Å²) in [5, 5.41) is 0. The van der Waals surface area contributed by atoms with Crippen LogP contribution < -0.4 is 5.73 Å². The average molecular weight is 366 g/mol. The molecule has 0 fully saturated rings. The fraction of sp³-hybridized carbons (Fsp3) is 0.143. The highest BCUT2D eigenvalue weighted by Gasteiger charge is 2.34. The first kappa shape index (κ1) is 15.9. The zero-order chi connectivity index (χ0) is 15.8. The molecule has 0 radical (unpaired) electrons. The summed E-state index contributed by atoms with van der Waals surface area (Å²) in [5.41, 5.74) is 4.37. The first-order valence-corrected chi connectivity index (χ1v) is 6.57. The monoisotopic (exact) mass is 365 g/mol. The zero-order valence-electron chi connectivity index (χ0n) is 10.4. The van der Waals surface area contributed by atoms with E-state index in [1.54, 1.807) is 0 Å². The summed E-state index contributed by atoms with van der Waals surface area (Å²) in [4.78, 5) is 0. The van der Waals surface area contributed by atoms with Crippen molar-refractivity contribution in [2.45, 2.75) is 12.2 Å². The van der Waals surface area contributed by atoms with E-state index in [4.69, 9.17) is 5.73 Å². The van der Waals surface area contributed by atoms with Gasteiger partial charge in [0.1, 0.15) is 11.6 Å². The lowest BCUT2D eigenvalue weighted by atomic mass is 9.97. The highest BCUT2D eigenvalue weighted by molar-refractivity contribution is 9.10. The number of alkyl halides is 3. The number of nitrogens with two attached hydrogens (primary N) is 1. The Morgan fingerprint density at radius 1 is 1.00 bits per heavy atom. The molecule has 0 aliphatic carbocycles. The molecule has 0 saturated heterocycles. The first-order valence-electron chi connectivity index (χ1n) is 5.78. The minimum absolute atomic E-state index is 0.0113. The average Bonchev–Trinajstić information content (AvgIpc) is 2.37.